The third-order valence-electron chi connectivity index (χ3n) is 2.50. The van der Waals surface area contributed by atoms with Crippen LogP contribution in [0.25, 0.3) is 0 Å². The third-order valence-corrected chi connectivity index (χ3v) is 4.68. The molecule has 1 unspecified atom stereocenters. The first-order chi connectivity index (χ1) is 8.72. The van der Waals surface area contributed by atoms with Gasteiger partial charge in [0.2, 0.25) is 0 Å². The van der Waals surface area contributed by atoms with E-state index in [1.165, 1.54) is 0 Å². The molecule has 0 N–H and O–H groups in total. The van der Waals surface area contributed by atoms with Crippen molar-refractivity contribution in [3.05, 3.63) is 50.6 Å². The summed E-state index contributed by atoms with van der Waals surface area (Å²) in [6, 6.07) is 10.1. The van der Waals surface area contributed by atoms with Crippen LogP contribution in [-0.2, 0) is 0 Å². The minimum atomic E-state index is -0.0958. The van der Waals surface area contributed by atoms with Crippen LogP contribution in [-0.4, -0.2) is 6.61 Å². The molecule has 1 aromatic carbocycles. The van der Waals surface area contributed by atoms with Crippen molar-refractivity contribution in [1.29, 1.82) is 0 Å². The standard InChI is InChI=1S/C14H14BrClOS/c1-2-7-17-12-6-5-10(9-11(12)15)14(16)13-4-3-8-18-13/h3-6,8-9,14H,2,7H2,1H3. The fraction of sp³-hybridized carbons (Fsp3) is 0.286. The van der Waals surface area contributed by atoms with Crippen molar-refractivity contribution >= 4 is 38.9 Å². The molecule has 0 aliphatic rings. The second kappa shape index (κ2) is 6.60. The fourth-order valence-electron chi connectivity index (χ4n) is 1.60. The topological polar surface area (TPSA) is 9.23 Å². The van der Waals surface area contributed by atoms with Gasteiger partial charge in [-0.3, -0.25) is 0 Å². The predicted octanol–water partition coefficient (Wildman–Crippen LogP) is 5.63. The number of hydrogen-bond donors (Lipinski definition) is 0. The molecular formula is C14H14BrClOS. The Hall–Kier alpha value is -0.510. The van der Waals surface area contributed by atoms with E-state index in [1.807, 2.05) is 29.6 Å². The first kappa shape index (κ1) is 13.9. The normalized spacial score (nSPS) is 12.4. The lowest BCUT2D eigenvalue weighted by Crippen LogP contribution is -1.97. The zero-order valence-corrected chi connectivity index (χ0v) is 13.2. The van der Waals surface area contributed by atoms with Crippen LogP contribution in [0.4, 0.5) is 0 Å². The van der Waals surface area contributed by atoms with Crippen LogP contribution in [0.15, 0.2) is 40.2 Å². The first-order valence-electron chi connectivity index (χ1n) is 5.82. The van der Waals surface area contributed by atoms with Gasteiger partial charge >= 0.3 is 0 Å². The molecule has 0 saturated carbocycles. The van der Waals surface area contributed by atoms with Gasteiger partial charge in [-0.25, -0.2) is 0 Å². The Balaban J connectivity index is 2.18. The summed E-state index contributed by atoms with van der Waals surface area (Å²) in [7, 11) is 0. The molecule has 0 aliphatic carbocycles. The summed E-state index contributed by atoms with van der Waals surface area (Å²) in [6.07, 6.45) is 1.00. The van der Waals surface area contributed by atoms with Gasteiger partial charge < -0.3 is 4.74 Å². The van der Waals surface area contributed by atoms with Crippen molar-refractivity contribution in [3.63, 3.8) is 0 Å². The third kappa shape index (κ3) is 3.28. The molecular weight excluding hydrogens is 332 g/mol. The molecule has 0 amide bonds. The summed E-state index contributed by atoms with van der Waals surface area (Å²) in [5, 5.41) is 1.94. The molecule has 96 valence electrons. The largest absolute Gasteiger partial charge is 0.492 e. The monoisotopic (exact) mass is 344 g/mol. The molecule has 1 atom stereocenters. The lowest BCUT2D eigenvalue weighted by atomic mass is 10.1. The summed E-state index contributed by atoms with van der Waals surface area (Å²) >= 11 is 11.7. The lowest BCUT2D eigenvalue weighted by Gasteiger charge is -2.11. The van der Waals surface area contributed by atoms with Crippen LogP contribution >= 0.6 is 38.9 Å². The molecule has 4 heteroatoms. The Kier molecular flexibility index (Phi) is 5.10. The van der Waals surface area contributed by atoms with Gasteiger partial charge in [0.1, 0.15) is 5.75 Å². The van der Waals surface area contributed by atoms with Gasteiger partial charge in [0.15, 0.2) is 0 Å². The molecule has 18 heavy (non-hydrogen) atoms. The van der Waals surface area contributed by atoms with E-state index in [0.717, 1.165) is 33.7 Å². The summed E-state index contributed by atoms with van der Waals surface area (Å²) < 4.78 is 6.58. The van der Waals surface area contributed by atoms with Gasteiger partial charge in [0, 0.05) is 4.88 Å². The predicted molar refractivity (Wildman–Crippen MR) is 81.9 cm³/mol. The van der Waals surface area contributed by atoms with Crippen LogP contribution in [0.5, 0.6) is 5.75 Å². The van der Waals surface area contributed by atoms with Crippen molar-refractivity contribution in [2.24, 2.45) is 0 Å². The molecule has 1 nitrogen and oxygen atoms in total. The Labute approximate surface area is 125 Å². The Bertz CT molecular complexity index is 499. The number of thiophene rings is 1. The minimum Gasteiger partial charge on any atom is -0.492 e. The van der Waals surface area contributed by atoms with E-state index in [-0.39, 0.29) is 5.38 Å². The fourth-order valence-corrected chi connectivity index (χ4v) is 3.20. The van der Waals surface area contributed by atoms with E-state index >= 15 is 0 Å². The van der Waals surface area contributed by atoms with Crippen LogP contribution in [0, 0.1) is 0 Å². The zero-order valence-electron chi connectivity index (χ0n) is 10.0. The Morgan fingerprint density at radius 1 is 1.39 bits per heavy atom. The Morgan fingerprint density at radius 3 is 2.83 bits per heavy atom. The minimum absolute atomic E-state index is 0.0958. The summed E-state index contributed by atoms with van der Waals surface area (Å²) in [5.41, 5.74) is 1.08. The SMILES string of the molecule is CCCOc1ccc(C(Cl)c2cccs2)cc1Br. The quantitative estimate of drug-likeness (QED) is 0.638. The maximum Gasteiger partial charge on any atom is 0.133 e. The lowest BCUT2D eigenvalue weighted by molar-refractivity contribution is 0.315. The van der Waals surface area contributed by atoms with Crippen LogP contribution in [0.1, 0.15) is 29.2 Å². The highest BCUT2D eigenvalue weighted by Crippen LogP contribution is 2.35. The number of halogens is 2. The molecule has 0 bridgehead atoms. The molecule has 0 fully saturated rings. The average molecular weight is 346 g/mol. The highest BCUT2D eigenvalue weighted by atomic mass is 79.9. The van der Waals surface area contributed by atoms with E-state index in [9.17, 15) is 0 Å². The van der Waals surface area contributed by atoms with E-state index in [1.54, 1.807) is 11.3 Å². The smallest absolute Gasteiger partial charge is 0.133 e. The van der Waals surface area contributed by atoms with Gasteiger partial charge in [-0.05, 0) is 51.5 Å². The molecule has 2 rings (SSSR count). The molecule has 1 heterocycles. The van der Waals surface area contributed by atoms with Crippen molar-refractivity contribution in [2.75, 3.05) is 6.61 Å². The van der Waals surface area contributed by atoms with E-state index in [0.29, 0.717) is 0 Å². The molecule has 0 aliphatic heterocycles. The van der Waals surface area contributed by atoms with Gasteiger partial charge in [0.25, 0.3) is 0 Å². The second-order valence-corrected chi connectivity index (χ2v) is 6.19. The zero-order chi connectivity index (χ0) is 13.0. The molecule has 1 aromatic heterocycles. The van der Waals surface area contributed by atoms with Gasteiger partial charge in [0.05, 0.1) is 16.5 Å². The highest BCUT2D eigenvalue weighted by Gasteiger charge is 2.13. The Morgan fingerprint density at radius 2 is 2.22 bits per heavy atom. The first-order valence-corrected chi connectivity index (χ1v) is 7.93. The van der Waals surface area contributed by atoms with Crippen LogP contribution in [0.2, 0.25) is 0 Å². The highest BCUT2D eigenvalue weighted by molar-refractivity contribution is 9.10. The van der Waals surface area contributed by atoms with Crippen molar-refractivity contribution in [3.8, 4) is 5.75 Å². The maximum absolute atomic E-state index is 6.45. The molecule has 2 aromatic rings. The molecule has 0 radical (unpaired) electrons. The molecule has 0 saturated heterocycles. The van der Waals surface area contributed by atoms with E-state index in [2.05, 4.69) is 28.9 Å². The number of ether oxygens (including phenoxy) is 1. The summed E-state index contributed by atoms with van der Waals surface area (Å²) in [5.74, 6) is 0.871. The number of rotatable bonds is 5. The van der Waals surface area contributed by atoms with Crippen molar-refractivity contribution in [2.45, 2.75) is 18.7 Å². The maximum atomic E-state index is 6.45. The summed E-state index contributed by atoms with van der Waals surface area (Å²) in [4.78, 5) is 1.16. The average Bonchev–Trinajstić information content (AvgIpc) is 2.90. The van der Waals surface area contributed by atoms with Gasteiger partial charge in [-0.1, -0.05) is 19.1 Å². The molecule has 0 spiro atoms. The second-order valence-electron chi connectivity index (χ2n) is 3.92. The summed E-state index contributed by atoms with van der Waals surface area (Å²) in [6.45, 7) is 2.82. The van der Waals surface area contributed by atoms with Crippen molar-refractivity contribution in [1.82, 2.24) is 0 Å². The van der Waals surface area contributed by atoms with Crippen molar-refractivity contribution < 1.29 is 4.74 Å². The van der Waals surface area contributed by atoms with Gasteiger partial charge in [-0.15, -0.1) is 22.9 Å². The van der Waals surface area contributed by atoms with E-state index in [4.69, 9.17) is 16.3 Å². The van der Waals surface area contributed by atoms with Crippen LogP contribution in [0.3, 0.4) is 0 Å². The number of benzene rings is 1. The van der Waals surface area contributed by atoms with Crippen LogP contribution < -0.4 is 4.74 Å². The number of alkyl halides is 1. The van der Waals surface area contributed by atoms with Gasteiger partial charge in [-0.2, -0.15) is 0 Å². The van der Waals surface area contributed by atoms with E-state index < -0.39 is 0 Å². The number of hydrogen-bond acceptors (Lipinski definition) is 2.